The van der Waals surface area contributed by atoms with Gasteiger partial charge in [-0.1, -0.05) is 60.2 Å². The largest absolute Gasteiger partial charge is 0.296 e. The van der Waals surface area contributed by atoms with E-state index in [4.69, 9.17) is 0 Å². The Labute approximate surface area is 130 Å². The summed E-state index contributed by atoms with van der Waals surface area (Å²) in [5, 5.41) is 0. The number of hydrogen-bond donors (Lipinski definition) is 0. The molecule has 0 saturated heterocycles. The van der Waals surface area contributed by atoms with E-state index in [1.807, 2.05) is 37.3 Å². The zero-order valence-electron chi connectivity index (χ0n) is 12.7. The molecule has 0 bridgehead atoms. The molecule has 0 fully saturated rings. The van der Waals surface area contributed by atoms with E-state index in [9.17, 15) is 4.79 Å². The van der Waals surface area contributed by atoms with Crippen LogP contribution < -0.4 is 0 Å². The SMILES string of the molecule is Cc1ccc(-c2cc(-c3ccccc3)nc(C=O)c2C)cc1. The molecule has 2 nitrogen and oxygen atoms in total. The van der Waals surface area contributed by atoms with Gasteiger partial charge in [0.1, 0.15) is 5.69 Å². The van der Waals surface area contributed by atoms with E-state index >= 15 is 0 Å². The number of hydrogen-bond acceptors (Lipinski definition) is 2. The van der Waals surface area contributed by atoms with E-state index in [1.165, 1.54) is 5.56 Å². The molecule has 3 rings (SSSR count). The Morgan fingerprint density at radius 2 is 1.55 bits per heavy atom. The monoisotopic (exact) mass is 287 g/mol. The van der Waals surface area contributed by atoms with Gasteiger partial charge < -0.3 is 0 Å². The summed E-state index contributed by atoms with van der Waals surface area (Å²) in [7, 11) is 0. The number of carbonyl (C=O) groups is 1. The van der Waals surface area contributed by atoms with E-state index in [-0.39, 0.29) is 0 Å². The molecule has 0 unspecified atom stereocenters. The summed E-state index contributed by atoms with van der Waals surface area (Å²) >= 11 is 0. The van der Waals surface area contributed by atoms with Crippen LogP contribution in [0.4, 0.5) is 0 Å². The average Bonchev–Trinajstić information content (AvgIpc) is 2.57. The molecule has 22 heavy (non-hydrogen) atoms. The Morgan fingerprint density at radius 1 is 0.864 bits per heavy atom. The van der Waals surface area contributed by atoms with E-state index in [2.05, 4.69) is 42.2 Å². The number of rotatable bonds is 3. The first-order valence-corrected chi connectivity index (χ1v) is 7.28. The van der Waals surface area contributed by atoms with Crippen molar-refractivity contribution in [2.45, 2.75) is 13.8 Å². The molecular weight excluding hydrogens is 270 g/mol. The van der Waals surface area contributed by atoms with Crippen LogP contribution in [-0.2, 0) is 0 Å². The highest BCUT2D eigenvalue weighted by atomic mass is 16.1. The highest BCUT2D eigenvalue weighted by molar-refractivity contribution is 5.83. The van der Waals surface area contributed by atoms with Gasteiger partial charge in [-0.15, -0.1) is 0 Å². The third kappa shape index (κ3) is 2.68. The van der Waals surface area contributed by atoms with Gasteiger partial charge in [0.2, 0.25) is 0 Å². The van der Waals surface area contributed by atoms with E-state index < -0.39 is 0 Å². The fourth-order valence-corrected chi connectivity index (χ4v) is 2.53. The van der Waals surface area contributed by atoms with Crippen molar-refractivity contribution in [1.29, 1.82) is 0 Å². The smallest absolute Gasteiger partial charge is 0.168 e. The van der Waals surface area contributed by atoms with E-state index in [0.29, 0.717) is 5.69 Å². The molecule has 2 heteroatoms. The molecule has 0 amide bonds. The van der Waals surface area contributed by atoms with Gasteiger partial charge in [0.25, 0.3) is 0 Å². The van der Waals surface area contributed by atoms with Gasteiger partial charge >= 0.3 is 0 Å². The molecule has 108 valence electrons. The number of aryl methyl sites for hydroxylation is 1. The van der Waals surface area contributed by atoms with Crippen LogP contribution in [0.25, 0.3) is 22.4 Å². The molecule has 0 aliphatic heterocycles. The first kappa shape index (κ1) is 14.2. The van der Waals surface area contributed by atoms with E-state index in [0.717, 1.165) is 34.2 Å². The van der Waals surface area contributed by atoms with Crippen LogP contribution in [0.1, 0.15) is 21.6 Å². The first-order chi connectivity index (χ1) is 10.7. The number of aldehydes is 1. The number of aromatic nitrogens is 1. The second-order valence-corrected chi connectivity index (χ2v) is 5.42. The minimum Gasteiger partial charge on any atom is -0.296 e. The van der Waals surface area contributed by atoms with Crippen molar-refractivity contribution in [3.05, 3.63) is 77.5 Å². The maximum atomic E-state index is 11.4. The lowest BCUT2D eigenvalue weighted by atomic mass is 9.97. The first-order valence-electron chi connectivity index (χ1n) is 7.28. The fourth-order valence-electron chi connectivity index (χ4n) is 2.53. The summed E-state index contributed by atoms with van der Waals surface area (Å²) in [6, 6.07) is 20.3. The summed E-state index contributed by atoms with van der Waals surface area (Å²) in [4.78, 5) is 15.9. The van der Waals surface area contributed by atoms with Gasteiger partial charge in [-0.2, -0.15) is 0 Å². The molecule has 1 aromatic heterocycles. The van der Waals surface area contributed by atoms with Gasteiger partial charge in [0.15, 0.2) is 6.29 Å². The summed E-state index contributed by atoms with van der Waals surface area (Å²) in [6.07, 6.45) is 0.833. The van der Waals surface area contributed by atoms with Crippen LogP contribution in [0.15, 0.2) is 60.7 Å². The zero-order valence-corrected chi connectivity index (χ0v) is 12.7. The lowest BCUT2D eigenvalue weighted by molar-refractivity contribution is 0.111. The normalized spacial score (nSPS) is 10.5. The molecular formula is C20H17NO. The minimum atomic E-state index is 0.497. The molecule has 0 N–H and O–H groups in total. The predicted octanol–water partition coefficient (Wildman–Crippen LogP) is 4.84. The second-order valence-electron chi connectivity index (χ2n) is 5.42. The molecule has 3 aromatic rings. The summed E-state index contributed by atoms with van der Waals surface area (Å²) in [5.74, 6) is 0. The van der Waals surface area contributed by atoms with Gasteiger partial charge in [0.05, 0.1) is 5.69 Å². The van der Waals surface area contributed by atoms with Crippen LogP contribution in [-0.4, -0.2) is 11.3 Å². The van der Waals surface area contributed by atoms with Crippen molar-refractivity contribution in [3.8, 4) is 22.4 Å². The lowest BCUT2D eigenvalue weighted by Crippen LogP contribution is -1.98. The van der Waals surface area contributed by atoms with Crippen LogP contribution in [0.3, 0.4) is 0 Å². The van der Waals surface area contributed by atoms with Crippen LogP contribution in [0.5, 0.6) is 0 Å². The molecule has 0 atom stereocenters. The lowest BCUT2D eigenvalue weighted by Gasteiger charge is -2.11. The van der Waals surface area contributed by atoms with Gasteiger partial charge in [-0.25, -0.2) is 4.98 Å². The topological polar surface area (TPSA) is 30.0 Å². The quantitative estimate of drug-likeness (QED) is 0.645. The van der Waals surface area contributed by atoms with Crippen molar-refractivity contribution in [2.75, 3.05) is 0 Å². The van der Waals surface area contributed by atoms with Gasteiger partial charge in [0, 0.05) is 5.56 Å². The van der Waals surface area contributed by atoms with Crippen LogP contribution in [0, 0.1) is 13.8 Å². The second kappa shape index (κ2) is 5.94. The fraction of sp³-hybridized carbons (Fsp3) is 0.100. The molecule has 0 saturated carbocycles. The molecule has 0 aliphatic carbocycles. The summed E-state index contributed by atoms with van der Waals surface area (Å²) in [5.41, 5.74) is 6.62. The maximum absolute atomic E-state index is 11.4. The van der Waals surface area contributed by atoms with Crippen molar-refractivity contribution >= 4 is 6.29 Å². The molecule has 0 aliphatic rings. The number of carbonyl (C=O) groups excluding carboxylic acids is 1. The number of benzene rings is 2. The van der Waals surface area contributed by atoms with Crippen molar-refractivity contribution in [1.82, 2.24) is 4.98 Å². The molecule has 0 spiro atoms. The van der Waals surface area contributed by atoms with Crippen molar-refractivity contribution in [2.24, 2.45) is 0 Å². The maximum Gasteiger partial charge on any atom is 0.168 e. The Balaban J connectivity index is 2.21. The van der Waals surface area contributed by atoms with Gasteiger partial charge in [-0.05, 0) is 36.6 Å². The van der Waals surface area contributed by atoms with Crippen LogP contribution >= 0.6 is 0 Å². The highest BCUT2D eigenvalue weighted by Crippen LogP contribution is 2.29. The molecule has 1 heterocycles. The Morgan fingerprint density at radius 3 is 2.18 bits per heavy atom. The highest BCUT2D eigenvalue weighted by Gasteiger charge is 2.11. The zero-order chi connectivity index (χ0) is 15.5. The average molecular weight is 287 g/mol. The number of nitrogens with zero attached hydrogens (tertiary/aromatic N) is 1. The molecule has 2 aromatic carbocycles. The Hall–Kier alpha value is -2.74. The Kier molecular flexibility index (Phi) is 3.84. The van der Waals surface area contributed by atoms with Gasteiger partial charge in [-0.3, -0.25) is 4.79 Å². The molecule has 0 radical (unpaired) electrons. The number of pyridine rings is 1. The third-order valence-electron chi connectivity index (χ3n) is 3.85. The third-order valence-corrected chi connectivity index (χ3v) is 3.85. The Bertz CT molecular complexity index is 805. The van der Waals surface area contributed by atoms with Crippen molar-refractivity contribution < 1.29 is 4.79 Å². The van der Waals surface area contributed by atoms with Crippen LogP contribution in [0.2, 0.25) is 0 Å². The minimum absolute atomic E-state index is 0.497. The summed E-state index contributed by atoms with van der Waals surface area (Å²) in [6.45, 7) is 4.01. The van der Waals surface area contributed by atoms with Crippen molar-refractivity contribution in [3.63, 3.8) is 0 Å². The predicted molar refractivity (Wildman–Crippen MR) is 90.0 cm³/mol. The summed E-state index contributed by atoms with van der Waals surface area (Å²) < 4.78 is 0. The standard InChI is InChI=1S/C20H17NO/c1-14-8-10-16(11-9-14)18-12-19(17-6-4-3-5-7-17)21-20(13-22)15(18)2/h3-13H,1-2H3. The van der Waals surface area contributed by atoms with E-state index in [1.54, 1.807) is 0 Å².